The van der Waals surface area contributed by atoms with E-state index >= 15 is 0 Å². The molecule has 5 aliphatic carbocycles. The van der Waals surface area contributed by atoms with E-state index in [-0.39, 0.29) is 40.8 Å². The standard InChI is InChI=1S/C24H30N2O4/c1-21-6-4-14(27)19-20(26)12(9-23(19,21)11-25)17-13-3-7-24(8-5-16(29)30-24)22(13,2)10-15(28)18(17)21/h12-13,15,17-18,28H,3-10,26H2,1-2H3/t12?,13?,15?,17?,18?,21?,22?,23?,24-/m1/s1. The van der Waals surface area contributed by atoms with Crippen LogP contribution in [0.25, 0.3) is 0 Å². The molecule has 160 valence electrons. The molecular weight excluding hydrogens is 380 g/mol. The van der Waals surface area contributed by atoms with E-state index in [4.69, 9.17) is 10.5 Å². The molecule has 1 aliphatic heterocycles. The number of hydrogen-bond acceptors (Lipinski definition) is 6. The summed E-state index contributed by atoms with van der Waals surface area (Å²) in [6, 6.07) is 2.55. The first kappa shape index (κ1) is 18.9. The predicted octanol–water partition coefficient (Wildman–Crippen LogP) is 2.60. The molecule has 30 heavy (non-hydrogen) atoms. The van der Waals surface area contributed by atoms with Crippen LogP contribution in [0.5, 0.6) is 0 Å². The number of ketones is 1. The van der Waals surface area contributed by atoms with Crippen molar-refractivity contribution in [3.8, 4) is 6.07 Å². The summed E-state index contributed by atoms with van der Waals surface area (Å²) >= 11 is 0. The Labute approximate surface area is 176 Å². The van der Waals surface area contributed by atoms with Gasteiger partial charge in [0, 0.05) is 35.4 Å². The van der Waals surface area contributed by atoms with Gasteiger partial charge >= 0.3 is 5.97 Å². The molecule has 1 spiro atoms. The highest BCUT2D eigenvalue weighted by molar-refractivity contribution is 6.00. The van der Waals surface area contributed by atoms with Crippen molar-refractivity contribution in [1.82, 2.24) is 0 Å². The number of rotatable bonds is 0. The highest BCUT2D eigenvalue weighted by Crippen LogP contribution is 2.76. The summed E-state index contributed by atoms with van der Waals surface area (Å²) in [7, 11) is 0. The lowest BCUT2D eigenvalue weighted by Crippen LogP contribution is -2.64. The second kappa shape index (κ2) is 5.30. The van der Waals surface area contributed by atoms with Crippen molar-refractivity contribution in [2.45, 2.75) is 76.9 Å². The Bertz CT molecular complexity index is 967. The Morgan fingerprint density at radius 1 is 1.13 bits per heavy atom. The van der Waals surface area contributed by atoms with Crippen molar-refractivity contribution in [2.24, 2.45) is 45.7 Å². The van der Waals surface area contributed by atoms with Crippen molar-refractivity contribution in [2.75, 3.05) is 0 Å². The van der Waals surface area contributed by atoms with Gasteiger partial charge in [-0.15, -0.1) is 0 Å². The number of esters is 1. The minimum atomic E-state index is -0.872. The molecule has 0 amide bonds. The number of nitrogens with zero attached hydrogens (tertiary/aromatic N) is 1. The lowest BCUT2D eigenvalue weighted by atomic mass is 9.39. The maximum Gasteiger partial charge on any atom is 0.306 e. The number of Topliss-reactive ketones (excluding diaryl/α,β-unsaturated/α-hetero) is 1. The van der Waals surface area contributed by atoms with Gasteiger partial charge in [0.15, 0.2) is 5.78 Å². The maximum absolute atomic E-state index is 12.9. The van der Waals surface area contributed by atoms with Crippen LogP contribution in [0.2, 0.25) is 0 Å². The van der Waals surface area contributed by atoms with Crippen LogP contribution in [0.3, 0.4) is 0 Å². The number of nitrogens with two attached hydrogens (primary N) is 1. The molecule has 6 aliphatic rings. The fraction of sp³-hybridized carbons (Fsp3) is 0.792. The number of allylic oxidation sites excluding steroid dienone is 2. The second-order valence-electron chi connectivity index (χ2n) is 11.4. The Hall–Kier alpha value is -1.87. The number of nitriles is 1. The number of fused-ring (bicyclic) bond motifs is 7. The van der Waals surface area contributed by atoms with Gasteiger partial charge in [-0.05, 0) is 61.7 Å². The average Bonchev–Trinajstić information content (AvgIpc) is 3.31. The molecule has 6 heteroatoms. The molecule has 3 N–H and O–H groups in total. The van der Waals surface area contributed by atoms with E-state index in [1.54, 1.807) is 0 Å². The van der Waals surface area contributed by atoms with E-state index in [1.165, 1.54) is 0 Å². The molecule has 4 saturated carbocycles. The number of aliphatic hydroxyl groups excluding tert-OH is 1. The van der Waals surface area contributed by atoms with E-state index in [2.05, 4.69) is 19.9 Å². The first-order valence-electron chi connectivity index (χ1n) is 11.5. The summed E-state index contributed by atoms with van der Waals surface area (Å²) in [5.74, 6) is 0.169. The lowest BCUT2D eigenvalue weighted by Gasteiger charge is -2.64. The summed E-state index contributed by atoms with van der Waals surface area (Å²) in [6.07, 6.45) is 4.57. The van der Waals surface area contributed by atoms with Crippen LogP contribution in [0.4, 0.5) is 0 Å². The number of carbonyl (C=O) groups is 2. The van der Waals surface area contributed by atoms with Gasteiger partial charge in [-0.1, -0.05) is 13.8 Å². The van der Waals surface area contributed by atoms with Gasteiger partial charge in [-0.3, -0.25) is 9.59 Å². The van der Waals surface area contributed by atoms with Crippen LogP contribution in [-0.4, -0.2) is 28.6 Å². The minimum absolute atomic E-state index is 0.0255. The number of carbonyl (C=O) groups excluding carboxylic acids is 2. The van der Waals surface area contributed by atoms with Crippen LogP contribution < -0.4 is 5.73 Å². The zero-order valence-corrected chi connectivity index (χ0v) is 17.7. The van der Waals surface area contributed by atoms with Crippen molar-refractivity contribution in [3.05, 3.63) is 11.3 Å². The molecule has 1 saturated heterocycles. The first-order valence-corrected chi connectivity index (χ1v) is 11.5. The lowest BCUT2D eigenvalue weighted by molar-refractivity contribution is -0.209. The third-order valence-electron chi connectivity index (χ3n) is 10.8. The topological polar surface area (TPSA) is 113 Å². The maximum atomic E-state index is 12.9. The number of ether oxygens (including phenoxy) is 1. The van der Waals surface area contributed by atoms with Crippen LogP contribution in [0.1, 0.15) is 65.2 Å². The Balaban J connectivity index is 1.53. The molecular formula is C24H30N2O4. The monoisotopic (exact) mass is 410 g/mol. The average molecular weight is 411 g/mol. The summed E-state index contributed by atoms with van der Waals surface area (Å²) in [4.78, 5) is 25.0. The fourth-order valence-electron chi connectivity index (χ4n) is 9.56. The van der Waals surface area contributed by atoms with Crippen LogP contribution in [0.15, 0.2) is 11.3 Å². The van der Waals surface area contributed by atoms with E-state index in [0.29, 0.717) is 43.4 Å². The van der Waals surface area contributed by atoms with Crippen molar-refractivity contribution < 1.29 is 19.4 Å². The van der Waals surface area contributed by atoms with Gasteiger partial charge in [0.25, 0.3) is 0 Å². The summed E-state index contributed by atoms with van der Waals surface area (Å²) in [5.41, 5.74) is 5.72. The van der Waals surface area contributed by atoms with Gasteiger partial charge in [0.2, 0.25) is 0 Å². The van der Waals surface area contributed by atoms with Gasteiger partial charge < -0.3 is 15.6 Å². The smallest absolute Gasteiger partial charge is 0.306 e. The van der Waals surface area contributed by atoms with E-state index < -0.39 is 22.5 Å². The first-order chi connectivity index (χ1) is 14.1. The van der Waals surface area contributed by atoms with Gasteiger partial charge in [-0.2, -0.15) is 5.26 Å². The largest absolute Gasteiger partial charge is 0.458 e. The van der Waals surface area contributed by atoms with Gasteiger partial charge in [-0.25, -0.2) is 0 Å². The fourth-order valence-corrected chi connectivity index (χ4v) is 9.56. The highest BCUT2D eigenvalue weighted by Gasteiger charge is 2.76. The quantitative estimate of drug-likeness (QED) is 0.594. The van der Waals surface area contributed by atoms with Crippen molar-refractivity contribution in [3.63, 3.8) is 0 Å². The van der Waals surface area contributed by atoms with Gasteiger partial charge in [0.1, 0.15) is 5.60 Å². The molecule has 2 bridgehead atoms. The molecule has 0 aromatic rings. The molecule has 6 rings (SSSR count). The highest BCUT2D eigenvalue weighted by atomic mass is 16.6. The molecule has 8 unspecified atom stereocenters. The van der Waals surface area contributed by atoms with Crippen molar-refractivity contribution >= 4 is 11.8 Å². The second-order valence-corrected chi connectivity index (χ2v) is 11.4. The Kier molecular flexibility index (Phi) is 3.33. The van der Waals surface area contributed by atoms with E-state index in [1.807, 2.05) is 0 Å². The van der Waals surface area contributed by atoms with Gasteiger partial charge in [0.05, 0.1) is 17.6 Å². The molecule has 9 atom stereocenters. The summed E-state index contributed by atoms with van der Waals surface area (Å²) in [5, 5.41) is 22.0. The summed E-state index contributed by atoms with van der Waals surface area (Å²) in [6.45, 7) is 4.33. The minimum Gasteiger partial charge on any atom is -0.458 e. The third kappa shape index (κ3) is 1.71. The van der Waals surface area contributed by atoms with E-state index in [0.717, 1.165) is 19.3 Å². The normalized spacial score (nSPS) is 56.0. The SMILES string of the molecule is CC12CCC(=O)C3=C(N)C(CC31C#N)C1C2C(O)CC2(C)C1CC[C@@]21CCC(=O)O1. The van der Waals surface area contributed by atoms with E-state index in [9.17, 15) is 20.0 Å². The summed E-state index contributed by atoms with van der Waals surface area (Å²) < 4.78 is 5.99. The Morgan fingerprint density at radius 2 is 1.90 bits per heavy atom. The Morgan fingerprint density at radius 3 is 2.57 bits per heavy atom. The van der Waals surface area contributed by atoms with Crippen LogP contribution in [-0.2, 0) is 14.3 Å². The molecule has 0 aromatic heterocycles. The van der Waals surface area contributed by atoms with Crippen LogP contribution >= 0.6 is 0 Å². The number of aliphatic hydroxyl groups is 1. The molecule has 0 radical (unpaired) electrons. The molecule has 5 fully saturated rings. The predicted molar refractivity (Wildman–Crippen MR) is 106 cm³/mol. The zero-order chi connectivity index (χ0) is 21.3. The molecule has 6 nitrogen and oxygen atoms in total. The molecule has 0 aromatic carbocycles. The van der Waals surface area contributed by atoms with Crippen LogP contribution in [0, 0.1) is 51.2 Å². The van der Waals surface area contributed by atoms with Crippen molar-refractivity contribution in [1.29, 1.82) is 5.26 Å². The zero-order valence-electron chi connectivity index (χ0n) is 17.7. The number of hydrogen-bond donors (Lipinski definition) is 2. The molecule has 1 heterocycles. The third-order valence-corrected chi connectivity index (χ3v) is 10.8.